The molecular formula is C27H31NO5S. The molecule has 1 aliphatic rings. The van der Waals surface area contributed by atoms with E-state index in [-0.39, 0.29) is 12.0 Å². The van der Waals surface area contributed by atoms with E-state index in [9.17, 15) is 4.79 Å². The first-order valence-corrected chi connectivity index (χ1v) is 12.4. The number of hydrogen-bond acceptors (Lipinski definition) is 6. The Bertz CT molecular complexity index is 1060. The minimum atomic E-state index is -0.115. The Morgan fingerprint density at radius 2 is 2.00 bits per heavy atom. The smallest absolute Gasteiger partial charge is 0.258 e. The lowest BCUT2D eigenvalue weighted by molar-refractivity contribution is 0.0504. The Labute approximate surface area is 205 Å². The topological polar surface area (TPSA) is 57.2 Å². The number of carbonyl (C=O) groups excluding carboxylic acids is 1. The van der Waals surface area contributed by atoms with Crippen molar-refractivity contribution in [3.8, 4) is 17.2 Å². The molecule has 0 radical (unpaired) electrons. The van der Waals surface area contributed by atoms with Gasteiger partial charge in [0.1, 0.15) is 5.75 Å². The number of nitrogens with zero attached hydrogens (tertiary/aromatic N) is 1. The predicted octanol–water partition coefficient (Wildman–Crippen LogP) is 5.21. The Balaban J connectivity index is 1.50. The maximum Gasteiger partial charge on any atom is 0.258 e. The van der Waals surface area contributed by atoms with Crippen LogP contribution in [0.3, 0.4) is 0 Å². The fourth-order valence-corrected chi connectivity index (χ4v) is 4.85. The van der Waals surface area contributed by atoms with Crippen LogP contribution in [0.5, 0.6) is 17.2 Å². The Kier molecular flexibility index (Phi) is 8.44. The van der Waals surface area contributed by atoms with E-state index in [0.29, 0.717) is 36.8 Å². The number of hydrogen-bond donors (Lipinski definition) is 0. The molecule has 0 bridgehead atoms. The summed E-state index contributed by atoms with van der Waals surface area (Å²) >= 11 is 1.74. The molecule has 0 spiro atoms. The third kappa shape index (κ3) is 6.10. The van der Waals surface area contributed by atoms with Gasteiger partial charge in [0.25, 0.3) is 5.91 Å². The molecule has 2 heterocycles. The summed E-state index contributed by atoms with van der Waals surface area (Å²) in [7, 11) is 3.12. The van der Waals surface area contributed by atoms with Gasteiger partial charge in [0.05, 0.1) is 32.5 Å². The van der Waals surface area contributed by atoms with Gasteiger partial charge in [-0.1, -0.05) is 24.3 Å². The summed E-state index contributed by atoms with van der Waals surface area (Å²) in [5.74, 6) is 1.66. The summed E-state index contributed by atoms with van der Waals surface area (Å²) in [6.07, 6.45) is 2.88. The molecule has 3 aromatic rings. The van der Waals surface area contributed by atoms with Gasteiger partial charge in [-0.3, -0.25) is 4.79 Å². The van der Waals surface area contributed by atoms with Crippen LogP contribution in [0.25, 0.3) is 0 Å². The Morgan fingerprint density at radius 1 is 1.12 bits per heavy atom. The van der Waals surface area contributed by atoms with Gasteiger partial charge >= 0.3 is 0 Å². The van der Waals surface area contributed by atoms with Crippen molar-refractivity contribution in [3.63, 3.8) is 0 Å². The molecular weight excluding hydrogens is 450 g/mol. The highest BCUT2D eigenvalue weighted by molar-refractivity contribution is 7.09. The molecule has 7 heteroatoms. The number of rotatable bonds is 11. The van der Waals surface area contributed by atoms with Gasteiger partial charge in [0.15, 0.2) is 11.5 Å². The molecule has 0 aliphatic carbocycles. The van der Waals surface area contributed by atoms with E-state index in [1.807, 2.05) is 29.2 Å². The van der Waals surface area contributed by atoms with E-state index in [1.54, 1.807) is 43.8 Å². The SMILES string of the molecule is COc1cccc(C(=O)N(Cc2cccc(OCCc3cccs3)c2)C[C@@H]2CCCO2)c1OC. The van der Waals surface area contributed by atoms with Crippen LogP contribution < -0.4 is 14.2 Å². The first kappa shape index (κ1) is 24.1. The van der Waals surface area contributed by atoms with E-state index >= 15 is 0 Å². The molecule has 1 fully saturated rings. The molecule has 0 unspecified atom stereocenters. The van der Waals surface area contributed by atoms with Crippen LogP contribution in [0, 0.1) is 0 Å². The first-order chi connectivity index (χ1) is 16.7. The molecule has 0 saturated carbocycles. The lowest BCUT2D eigenvalue weighted by Gasteiger charge is -2.27. The van der Waals surface area contributed by atoms with E-state index in [4.69, 9.17) is 18.9 Å². The van der Waals surface area contributed by atoms with Gasteiger partial charge in [-0.25, -0.2) is 0 Å². The zero-order chi connectivity index (χ0) is 23.8. The van der Waals surface area contributed by atoms with Gasteiger partial charge in [-0.2, -0.15) is 0 Å². The summed E-state index contributed by atoms with van der Waals surface area (Å²) in [6.45, 7) is 2.32. The van der Waals surface area contributed by atoms with Crippen molar-refractivity contribution in [2.45, 2.75) is 31.9 Å². The van der Waals surface area contributed by atoms with Gasteiger partial charge in [-0.15, -0.1) is 11.3 Å². The summed E-state index contributed by atoms with van der Waals surface area (Å²) in [4.78, 5) is 16.8. The average Bonchev–Trinajstić information content (AvgIpc) is 3.57. The fraction of sp³-hybridized carbons (Fsp3) is 0.370. The van der Waals surface area contributed by atoms with Crippen LogP contribution >= 0.6 is 11.3 Å². The van der Waals surface area contributed by atoms with E-state index in [2.05, 4.69) is 17.5 Å². The Hall–Kier alpha value is -3.03. The molecule has 4 rings (SSSR count). The van der Waals surface area contributed by atoms with Crippen LogP contribution in [0.2, 0.25) is 0 Å². The van der Waals surface area contributed by atoms with Crippen molar-refractivity contribution in [2.75, 3.05) is 34.0 Å². The van der Waals surface area contributed by atoms with Gasteiger partial charge in [0.2, 0.25) is 0 Å². The summed E-state index contributed by atoms with van der Waals surface area (Å²) in [5.41, 5.74) is 1.48. The molecule has 1 amide bonds. The number of thiophene rings is 1. The monoisotopic (exact) mass is 481 g/mol. The second kappa shape index (κ2) is 11.9. The summed E-state index contributed by atoms with van der Waals surface area (Å²) < 4.78 is 22.8. The summed E-state index contributed by atoms with van der Waals surface area (Å²) in [5, 5.41) is 2.08. The van der Waals surface area contributed by atoms with Crippen LogP contribution in [-0.2, 0) is 17.7 Å². The number of benzene rings is 2. The van der Waals surface area contributed by atoms with Crippen molar-refractivity contribution >= 4 is 17.2 Å². The standard InChI is InChI=1S/C27H31NO5S/c1-30-25-12-4-11-24(26(25)31-2)27(29)28(19-22-9-5-14-32-22)18-20-7-3-8-21(17-20)33-15-13-23-10-6-16-34-23/h3-4,6-8,10-12,16-17,22H,5,9,13-15,18-19H2,1-2H3/t22-/m0/s1. The van der Waals surface area contributed by atoms with Crippen LogP contribution in [0.1, 0.15) is 33.6 Å². The van der Waals surface area contributed by atoms with Crippen molar-refractivity contribution < 1.29 is 23.7 Å². The number of carbonyl (C=O) groups is 1. The Morgan fingerprint density at radius 3 is 2.74 bits per heavy atom. The van der Waals surface area contributed by atoms with Crippen LogP contribution in [0.15, 0.2) is 60.0 Å². The van der Waals surface area contributed by atoms with Crippen LogP contribution in [-0.4, -0.2) is 50.9 Å². The van der Waals surface area contributed by atoms with Gasteiger partial charge < -0.3 is 23.8 Å². The first-order valence-electron chi connectivity index (χ1n) is 11.5. The number of methoxy groups -OCH3 is 2. The maximum absolute atomic E-state index is 13.7. The van der Waals surface area contributed by atoms with Crippen molar-refractivity contribution in [3.05, 3.63) is 76.0 Å². The molecule has 2 aromatic carbocycles. The summed E-state index contributed by atoms with van der Waals surface area (Å²) in [6, 6.07) is 17.5. The second-order valence-electron chi connectivity index (χ2n) is 8.19. The van der Waals surface area contributed by atoms with Crippen molar-refractivity contribution in [2.24, 2.45) is 0 Å². The van der Waals surface area contributed by atoms with Crippen LogP contribution in [0.4, 0.5) is 0 Å². The van der Waals surface area contributed by atoms with E-state index in [0.717, 1.165) is 37.2 Å². The molecule has 0 N–H and O–H groups in total. The lowest BCUT2D eigenvalue weighted by Crippen LogP contribution is -2.37. The molecule has 6 nitrogen and oxygen atoms in total. The third-order valence-corrected chi connectivity index (χ3v) is 6.77. The fourth-order valence-electron chi connectivity index (χ4n) is 4.16. The van der Waals surface area contributed by atoms with E-state index < -0.39 is 0 Å². The number of amides is 1. The highest BCUT2D eigenvalue weighted by Crippen LogP contribution is 2.32. The highest BCUT2D eigenvalue weighted by Gasteiger charge is 2.26. The molecule has 1 aliphatic heterocycles. The van der Waals surface area contributed by atoms with Gasteiger partial charge in [-0.05, 0) is 54.1 Å². The normalized spacial score (nSPS) is 15.2. The highest BCUT2D eigenvalue weighted by atomic mass is 32.1. The van der Waals surface area contributed by atoms with Crippen molar-refractivity contribution in [1.29, 1.82) is 0 Å². The number of ether oxygens (including phenoxy) is 4. The molecule has 1 atom stereocenters. The minimum absolute atomic E-state index is 0.0331. The zero-order valence-corrected chi connectivity index (χ0v) is 20.5. The average molecular weight is 482 g/mol. The zero-order valence-electron chi connectivity index (χ0n) is 19.7. The lowest BCUT2D eigenvalue weighted by atomic mass is 10.1. The van der Waals surface area contributed by atoms with E-state index in [1.165, 1.54) is 4.88 Å². The molecule has 1 aromatic heterocycles. The van der Waals surface area contributed by atoms with Crippen molar-refractivity contribution in [1.82, 2.24) is 4.90 Å². The molecule has 1 saturated heterocycles. The molecule has 34 heavy (non-hydrogen) atoms. The number of para-hydroxylation sites is 1. The quantitative estimate of drug-likeness (QED) is 0.376. The second-order valence-corrected chi connectivity index (χ2v) is 9.22. The maximum atomic E-state index is 13.7. The molecule has 180 valence electrons. The minimum Gasteiger partial charge on any atom is -0.493 e. The largest absolute Gasteiger partial charge is 0.493 e. The predicted molar refractivity (Wildman–Crippen MR) is 133 cm³/mol. The van der Waals surface area contributed by atoms with Gasteiger partial charge in [0, 0.05) is 31.0 Å². The third-order valence-electron chi connectivity index (χ3n) is 5.84.